The highest BCUT2D eigenvalue weighted by Crippen LogP contribution is 2.49. The van der Waals surface area contributed by atoms with Crippen molar-refractivity contribution in [2.45, 2.75) is 39.0 Å². The first kappa shape index (κ1) is 13.9. The van der Waals surface area contributed by atoms with E-state index >= 15 is 0 Å². The number of fused-ring (bicyclic) bond motifs is 1. The second-order valence-electron chi connectivity index (χ2n) is 6.04. The second-order valence-corrected chi connectivity index (χ2v) is 6.04. The van der Waals surface area contributed by atoms with Crippen LogP contribution in [0.4, 0.5) is 17.1 Å². The van der Waals surface area contributed by atoms with Gasteiger partial charge in [0.1, 0.15) is 5.69 Å². The van der Waals surface area contributed by atoms with Crippen molar-refractivity contribution in [3.05, 3.63) is 27.8 Å². The monoisotopic (exact) mass is 289 g/mol. The molecule has 1 aromatic carbocycles. The van der Waals surface area contributed by atoms with Gasteiger partial charge < -0.3 is 10.6 Å². The summed E-state index contributed by atoms with van der Waals surface area (Å²) in [6, 6.07) is 3.29. The van der Waals surface area contributed by atoms with E-state index < -0.39 is 0 Å². The van der Waals surface area contributed by atoms with Crippen LogP contribution in [0.25, 0.3) is 0 Å². The van der Waals surface area contributed by atoms with Gasteiger partial charge >= 0.3 is 0 Å². The first-order valence-corrected chi connectivity index (χ1v) is 7.38. The van der Waals surface area contributed by atoms with Gasteiger partial charge in [-0.15, -0.1) is 0 Å². The maximum atomic E-state index is 11.5. The van der Waals surface area contributed by atoms with Gasteiger partial charge in [-0.25, -0.2) is 0 Å². The first-order valence-electron chi connectivity index (χ1n) is 7.38. The van der Waals surface area contributed by atoms with Gasteiger partial charge in [-0.1, -0.05) is 6.92 Å². The Labute approximate surface area is 123 Å². The molecule has 6 heteroatoms. The summed E-state index contributed by atoms with van der Waals surface area (Å²) in [5.74, 6) is -0.0328. The van der Waals surface area contributed by atoms with Crippen LogP contribution in [-0.2, 0) is 11.2 Å². The number of amides is 1. The summed E-state index contributed by atoms with van der Waals surface area (Å²) < 4.78 is 0. The second kappa shape index (κ2) is 5.02. The predicted molar refractivity (Wildman–Crippen MR) is 80.5 cm³/mol. The molecule has 1 aliphatic carbocycles. The molecular formula is C15H19N3O3. The Kier molecular flexibility index (Phi) is 3.31. The lowest BCUT2D eigenvalue weighted by Crippen LogP contribution is -2.20. The summed E-state index contributed by atoms with van der Waals surface area (Å²) >= 11 is 0. The van der Waals surface area contributed by atoms with Gasteiger partial charge in [0.05, 0.1) is 4.92 Å². The molecule has 0 unspecified atom stereocenters. The molecule has 1 aromatic rings. The Morgan fingerprint density at radius 2 is 2.14 bits per heavy atom. The van der Waals surface area contributed by atoms with Crippen molar-refractivity contribution in [2.24, 2.45) is 5.41 Å². The lowest BCUT2D eigenvalue weighted by atomic mass is 10.0. The fraction of sp³-hybridized carbons (Fsp3) is 0.533. The number of hydrogen-bond acceptors (Lipinski definition) is 4. The fourth-order valence-electron chi connectivity index (χ4n) is 2.82. The number of benzene rings is 1. The van der Waals surface area contributed by atoms with Gasteiger partial charge in [-0.2, -0.15) is 0 Å². The lowest BCUT2D eigenvalue weighted by Gasteiger charge is -2.20. The number of nitro benzene ring substituents is 1. The predicted octanol–water partition coefficient (Wildman–Crippen LogP) is 3.08. The molecule has 1 aliphatic heterocycles. The SMILES string of the molecule is CCC1(CNc2cc3c(cc2[N+](=O)[O-])CCC(=O)N3)CC1. The van der Waals surface area contributed by atoms with Crippen molar-refractivity contribution in [1.29, 1.82) is 0 Å². The zero-order valence-electron chi connectivity index (χ0n) is 12.1. The molecule has 1 saturated carbocycles. The van der Waals surface area contributed by atoms with E-state index in [1.807, 2.05) is 0 Å². The summed E-state index contributed by atoms with van der Waals surface area (Å²) in [6.07, 6.45) is 4.37. The third kappa shape index (κ3) is 2.70. The number of nitrogens with zero attached hydrogens (tertiary/aromatic N) is 1. The minimum Gasteiger partial charge on any atom is -0.379 e. The highest BCUT2D eigenvalue weighted by molar-refractivity contribution is 5.95. The molecule has 1 fully saturated rings. The Balaban J connectivity index is 1.88. The normalized spacial score (nSPS) is 18.6. The van der Waals surface area contributed by atoms with Gasteiger partial charge in [-0.05, 0) is 42.7 Å². The van der Waals surface area contributed by atoms with E-state index in [1.54, 1.807) is 12.1 Å². The summed E-state index contributed by atoms with van der Waals surface area (Å²) in [7, 11) is 0. The van der Waals surface area contributed by atoms with E-state index in [0.29, 0.717) is 29.6 Å². The van der Waals surface area contributed by atoms with Crippen LogP contribution < -0.4 is 10.6 Å². The number of hydrogen-bond donors (Lipinski definition) is 2. The molecule has 0 aromatic heterocycles. The van der Waals surface area contributed by atoms with E-state index in [9.17, 15) is 14.9 Å². The zero-order chi connectivity index (χ0) is 15.0. The minimum atomic E-state index is -0.357. The molecule has 6 nitrogen and oxygen atoms in total. The average Bonchev–Trinajstić information content (AvgIpc) is 3.24. The van der Waals surface area contributed by atoms with Crippen LogP contribution in [0.1, 0.15) is 38.2 Å². The Morgan fingerprint density at radius 1 is 1.38 bits per heavy atom. The van der Waals surface area contributed by atoms with Crippen LogP contribution in [-0.4, -0.2) is 17.4 Å². The van der Waals surface area contributed by atoms with Gasteiger partial charge in [0.2, 0.25) is 5.91 Å². The molecule has 0 bridgehead atoms. The Bertz CT molecular complexity index is 608. The third-order valence-corrected chi connectivity index (χ3v) is 4.67. The third-order valence-electron chi connectivity index (χ3n) is 4.67. The number of anilines is 2. The largest absolute Gasteiger partial charge is 0.379 e. The first-order chi connectivity index (χ1) is 10.0. The van der Waals surface area contributed by atoms with Crippen LogP contribution in [0.5, 0.6) is 0 Å². The van der Waals surface area contributed by atoms with E-state index in [2.05, 4.69) is 17.6 Å². The molecule has 1 heterocycles. The van der Waals surface area contributed by atoms with E-state index in [0.717, 1.165) is 18.5 Å². The number of aryl methyl sites for hydroxylation is 1. The van der Waals surface area contributed by atoms with Crippen molar-refractivity contribution in [1.82, 2.24) is 0 Å². The van der Waals surface area contributed by atoms with Gasteiger partial charge in [0, 0.05) is 24.7 Å². The van der Waals surface area contributed by atoms with E-state index in [1.165, 1.54) is 12.8 Å². The topological polar surface area (TPSA) is 84.3 Å². The number of nitro groups is 1. The Hall–Kier alpha value is -2.11. The minimum absolute atomic E-state index is 0.0328. The number of rotatable bonds is 5. The summed E-state index contributed by atoms with van der Waals surface area (Å²) in [5.41, 5.74) is 2.43. The van der Waals surface area contributed by atoms with Gasteiger partial charge in [0.25, 0.3) is 5.69 Å². The number of nitrogens with one attached hydrogen (secondary N) is 2. The van der Waals surface area contributed by atoms with Crippen LogP contribution >= 0.6 is 0 Å². The molecule has 0 atom stereocenters. The molecule has 112 valence electrons. The van der Waals surface area contributed by atoms with Crippen LogP contribution in [0.3, 0.4) is 0 Å². The lowest BCUT2D eigenvalue weighted by molar-refractivity contribution is -0.384. The maximum Gasteiger partial charge on any atom is 0.292 e. The molecule has 2 aliphatic rings. The van der Waals surface area contributed by atoms with E-state index in [-0.39, 0.29) is 16.5 Å². The zero-order valence-corrected chi connectivity index (χ0v) is 12.1. The average molecular weight is 289 g/mol. The molecule has 21 heavy (non-hydrogen) atoms. The summed E-state index contributed by atoms with van der Waals surface area (Å²) in [4.78, 5) is 22.4. The molecule has 1 amide bonds. The van der Waals surface area contributed by atoms with Crippen molar-refractivity contribution < 1.29 is 9.72 Å². The van der Waals surface area contributed by atoms with Gasteiger partial charge in [0.15, 0.2) is 0 Å². The van der Waals surface area contributed by atoms with Crippen LogP contribution in [0.2, 0.25) is 0 Å². The molecule has 0 radical (unpaired) electrons. The maximum absolute atomic E-state index is 11.5. The quantitative estimate of drug-likeness (QED) is 0.644. The van der Waals surface area contributed by atoms with Crippen molar-refractivity contribution in [3.63, 3.8) is 0 Å². The molecule has 0 spiro atoms. The standard InChI is InChI=1S/C15H19N3O3/c1-2-15(5-6-15)9-16-12-8-11-10(3-4-14(19)17-11)7-13(12)18(20)21/h7-8,16H,2-6,9H2,1H3,(H,17,19). The van der Waals surface area contributed by atoms with Crippen molar-refractivity contribution >= 4 is 23.0 Å². The van der Waals surface area contributed by atoms with Crippen molar-refractivity contribution in [2.75, 3.05) is 17.2 Å². The van der Waals surface area contributed by atoms with Crippen LogP contribution in [0, 0.1) is 15.5 Å². The van der Waals surface area contributed by atoms with Crippen LogP contribution in [0.15, 0.2) is 12.1 Å². The highest BCUT2D eigenvalue weighted by atomic mass is 16.6. The fourth-order valence-corrected chi connectivity index (χ4v) is 2.82. The summed E-state index contributed by atoms with van der Waals surface area (Å²) in [5, 5.41) is 17.3. The molecular weight excluding hydrogens is 270 g/mol. The summed E-state index contributed by atoms with van der Waals surface area (Å²) in [6.45, 7) is 2.90. The smallest absolute Gasteiger partial charge is 0.292 e. The highest BCUT2D eigenvalue weighted by Gasteiger charge is 2.40. The number of carbonyl (C=O) groups is 1. The van der Waals surface area contributed by atoms with Gasteiger partial charge in [-0.3, -0.25) is 14.9 Å². The number of carbonyl (C=O) groups excluding carboxylic acids is 1. The molecule has 2 N–H and O–H groups in total. The van der Waals surface area contributed by atoms with Crippen molar-refractivity contribution in [3.8, 4) is 0 Å². The molecule has 0 saturated heterocycles. The van der Waals surface area contributed by atoms with E-state index in [4.69, 9.17) is 0 Å². The molecule has 3 rings (SSSR count). The Morgan fingerprint density at radius 3 is 2.76 bits per heavy atom.